The molecule has 8 heteroatoms. The van der Waals surface area contributed by atoms with Gasteiger partial charge in [0.1, 0.15) is 0 Å². The van der Waals surface area contributed by atoms with Crippen molar-refractivity contribution in [3.8, 4) is 0 Å². The SMILES string of the molecule is NN1OCN=C1C(N=O)C(=O)O. The van der Waals surface area contributed by atoms with Gasteiger partial charge in [0.2, 0.25) is 6.04 Å². The zero-order valence-corrected chi connectivity index (χ0v) is 5.88. The summed E-state index contributed by atoms with van der Waals surface area (Å²) in [4.78, 5) is 28.5. The third kappa shape index (κ3) is 1.38. The van der Waals surface area contributed by atoms with Crippen molar-refractivity contribution in [1.82, 2.24) is 5.17 Å². The van der Waals surface area contributed by atoms with Gasteiger partial charge in [-0.3, -0.25) is 0 Å². The van der Waals surface area contributed by atoms with E-state index in [4.69, 9.17) is 10.9 Å². The molecule has 0 fully saturated rings. The van der Waals surface area contributed by atoms with Crippen molar-refractivity contribution in [3.63, 3.8) is 0 Å². The molecule has 1 rings (SSSR count). The molecule has 0 aromatic rings. The van der Waals surface area contributed by atoms with Crippen molar-refractivity contribution in [1.29, 1.82) is 0 Å². The van der Waals surface area contributed by atoms with Gasteiger partial charge in [-0.1, -0.05) is 0 Å². The van der Waals surface area contributed by atoms with Crippen LogP contribution in [-0.4, -0.2) is 34.9 Å². The maximum absolute atomic E-state index is 10.4. The number of hydrogen-bond acceptors (Lipinski definition) is 7. The zero-order chi connectivity index (χ0) is 9.14. The number of nitroso groups, excluding NO2 is 1. The van der Waals surface area contributed by atoms with Gasteiger partial charge in [-0.05, 0) is 5.18 Å². The number of aliphatic carboxylic acids is 1. The highest BCUT2D eigenvalue weighted by Gasteiger charge is 2.31. The first kappa shape index (κ1) is 8.56. The lowest BCUT2D eigenvalue weighted by atomic mass is 10.3. The maximum Gasteiger partial charge on any atom is 0.340 e. The van der Waals surface area contributed by atoms with E-state index >= 15 is 0 Å². The maximum atomic E-state index is 10.4. The molecular weight excluding hydrogens is 168 g/mol. The van der Waals surface area contributed by atoms with Crippen molar-refractivity contribution in [2.45, 2.75) is 6.04 Å². The molecule has 0 aromatic heterocycles. The summed E-state index contributed by atoms with van der Waals surface area (Å²) >= 11 is 0. The largest absolute Gasteiger partial charge is 0.479 e. The summed E-state index contributed by atoms with van der Waals surface area (Å²) in [5.74, 6) is 3.50. The third-order valence-electron chi connectivity index (χ3n) is 1.23. The number of hydrogen-bond donors (Lipinski definition) is 2. The molecule has 1 aliphatic rings. The predicted octanol–water partition coefficient (Wildman–Crippen LogP) is -1.32. The van der Waals surface area contributed by atoms with Crippen molar-refractivity contribution < 1.29 is 14.7 Å². The number of amidine groups is 1. The standard InChI is InChI=1S/C4H6N4O4/c5-8-3(6-1-12-8)2(7-11)4(9)10/h2H,1,5H2,(H,9,10). The molecule has 66 valence electrons. The first-order chi connectivity index (χ1) is 5.66. The minimum absolute atomic E-state index is 0.0921. The molecule has 1 atom stereocenters. The van der Waals surface area contributed by atoms with Gasteiger partial charge in [-0.15, -0.1) is 4.91 Å². The average molecular weight is 174 g/mol. The monoisotopic (exact) mass is 174 g/mol. The Balaban J connectivity index is 2.78. The van der Waals surface area contributed by atoms with Gasteiger partial charge in [-0.2, -0.15) is 5.17 Å². The van der Waals surface area contributed by atoms with E-state index in [0.717, 1.165) is 0 Å². The van der Waals surface area contributed by atoms with Crippen LogP contribution in [0, 0.1) is 4.91 Å². The summed E-state index contributed by atoms with van der Waals surface area (Å²) in [6.45, 7) is -0.0921. The molecule has 0 aliphatic carbocycles. The molecule has 1 unspecified atom stereocenters. The Hall–Kier alpha value is -1.54. The van der Waals surface area contributed by atoms with Crippen LogP contribution < -0.4 is 5.84 Å². The van der Waals surface area contributed by atoms with Crippen molar-refractivity contribution in [3.05, 3.63) is 4.91 Å². The molecule has 12 heavy (non-hydrogen) atoms. The second-order valence-electron chi connectivity index (χ2n) is 1.95. The van der Waals surface area contributed by atoms with Gasteiger partial charge in [0.15, 0.2) is 12.6 Å². The Labute approximate surface area is 66.5 Å². The molecule has 0 radical (unpaired) electrons. The molecule has 0 amide bonds. The fourth-order valence-corrected chi connectivity index (χ4v) is 0.703. The summed E-state index contributed by atoms with van der Waals surface area (Å²) in [6.07, 6.45) is 0. The van der Waals surface area contributed by atoms with Crippen LogP contribution in [0.1, 0.15) is 0 Å². The van der Waals surface area contributed by atoms with Gasteiger partial charge < -0.3 is 5.11 Å². The van der Waals surface area contributed by atoms with E-state index < -0.39 is 12.0 Å². The Kier molecular flexibility index (Phi) is 2.31. The second kappa shape index (κ2) is 3.24. The number of rotatable bonds is 3. The number of nitrogens with two attached hydrogens (primary N) is 1. The van der Waals surface area contributed by atoms with Gasteiger partial charge in [-0.25, -0.2) is 20.5 Å². The van der Waals surface area contributed by atoms with Gasteiger partial charge in [0.25, 0.3) is 0 Å². The molecule has 0 saturated carbocycles. The quantitative estimate of drug-likeness (QED) is 0.404. The van der Waals surface area contributed by atoms with Crippen LogP contribution in [0.5, 0.6) is 0 Å². The van der Waals surface area contributed by atoms with E-state index in [-0.39, 0.29) is 12.6 Å². The predicted molar refractivity (Wildman–Crippen MR) is 36.6 cm³/mol. The number of carbonyl (C=O) groups is 1. The molecule has 1 aliphatic heterocycles. The van der Waals surface area contributed by atoms with E-state index in [1.807, 2.05) is 0 Å². The van der Waals surface area contributed by atoms with E-state index in [0.29, 0.717) is 5.17 Å². The molecule has 0 bridgehead atoms. The van der Waals surface area contributed by atoms with Crippen LogP contribution in [0.15, 0.2) is 10.2 Å². The van der Waals surface area contributed by atoms with Crippen molar-refractivity contribution in [2.24, 2.45) is 16.0 Å². The average Bonchev–Trinajstić information content (AvgIpc) is 2.38. The summed E-state index contributed by atoms with van der Waals surface area (Å²) < 4.78 is 0. The summed E-state index contributed by atoms with van der Waals surface area (Å²) in [7, 11) is 0. The van der Waals surface area contributed by atoms with Gasteiger partial charge in [0.05, 0.1) is 0 Å². The van der Waals surface area contributed by atoms with Gasteiger partial charge in [0, 0.05) is 0 Å². The van der Waals surface area contributed by atoms with Crippen molar-refractivity contribution in [2.75, 3.05) is 6.73 Å². The number of hydroxylamine groups is 1. The Bertz CT molecular complexity index is 239. The lowest BCUT2D eigenvalue weighted by Gasteiger charge is -2.11. The Morgan fingerprint density at radius 2 is 2.58 bits per heavy atom. The fourth-order valence-electron chi connectivity index (χ4n) is 0.703. The van der Waals surface area contributed by atoms with Crippen LogP contribution in [-0.2, 0) is 9.63 Å². The fraction of sp³-hybridized carbons (Fsp3) is 0.500. The first-order valence-corrected chi connectivity index (χ1v) is 2.94. The molecule has 0 aromatic carbocycles. The van der Waals surface area contributed by atoms with Crippen LogP contribution in [0.2, 0.25) is 0 Å². The number of carboxylic acids is 1. The smallest absolute Gasteiger partial charge is 0.340 e. The first-order valence-electron chi connectivity index (χ1n) is 2.94. The summed E-state index contributed by atoms with van der Waals surface area (Å²) in [5.41, 5.74) is 0. The molecule has 0 saturated heterocycles. The van der Waals surface area contributed by atoms with Gasteiger partial charge >= 0.3 is 5.97 Å². The number of nitrogens with zero attached hydrogens (tertiary/aromatic N) is 3. The van der Waals surface area contributed by atoms with E-state index in [1.165, 1.54) is 0 Å². The topological polar surface area (TPSA) is 118 Å². The molecular formula is C4H6N4O4. The van der Waals surface area contributed by atoms with Crippen LogP contribution in [0.4, 0.5) is 0 Å². The number of aliphatic imine (C=N–C) groups is 1. The Morgan fingerprint density at radius 3 is 2.92 bits per heavy atom. The third-order valence-corrected chi connectivity index (χ3v) is 1.23. The van der Waals surface area contributed by atoms with E-state index in [2.05, 4.69) is 15.0 Å². The molecule has 0 spiro atoms. The second-order valence-corrected chi connectivity index (χ2v) is 1.95. The minimum Gasteiger partial charge on any atom is -0.479 e. The summed E-state index contributed by atoms with van der Waals surface area (Å²) in [6, 6.07) is -1.60. The van der Waals surface area contributed by atoms with Crippen LogP contribution in [0.25, 0.3) is 0 Å². The highest BCUT2D eigenvalue weighted by molar-refractivity contribution is 6.04. The molecule has 8 nitrogen and oxygen atoms in total. The summed E-state index contributed by atoms with van der Waals surface area (Å²) in [5, 5.41) is 11.4. The normalized spacial score (nSPS) is 18.8. The zero-order valence-electron chi connectivity index (χ0n) is 5.88. The lowest BCUT2D eigenvalue weighted by Crippen LogP contribution is -2.42. The van der Waals surface area contributed by atoms with Crippen LogP contribution >= 0.6 is 0 Å². The minimum atomic E-state index is -1.60. The van der Waals surface area contributed by atoms with Crippen LogP contribution in [0.3, 0.4) is 0 Å². The molecule has 1 heterocycles. The Morgan fingerprint density at radius 1 is 1.92 bits per heavy atom. The highest BCUT2D eigenvalue weighted by Crippen LogP contribution is 2.05. The van der Waals surface area contributed by atoms with Crippen molar-refractivity contribution >= 4 is 11.8 Å². The lowest BCUT2D eigenvalue weighted by molar-refractivity contribution is -0.137. The number of carboxylic acid groups (broad SMARTS) is 1. The van der Waals surface area contributed by atoms with E-state index in [9.17, 15) is 9.70 Å². The molecule has 3 N–H and O–H groups in total. The van der Waals surface area contributed by atoms with E-state index in [1.54, 1.807) is 0 Å². The number of hydrazine groups is 1. The highest BCUT2D eigenvalue weighted by atomic mass is 16.7.